The quantitative estimate of drug-likeness (QED) is 0.140. The molecule has 13 nitrogen and oxygen atoms in total. The molecule has 0 aromatic rings. The van der Waals surface area contributed by atoms with Crippen LogP contribution in [-0.2, 0) is 24.0 Å². The molecule has 0 aromatic carbocycles. The van der Waals surface area contributed by atoms with Crippen molar-refractivity contribution in [2.75, 3.05) is 52.4 Å². The van der Waals surface area contributed by atoms with Crippen LogP contribution in [0.2, 0.25) is 0 Å². The summed E-state index contributed by atoms with van der Waals surface area (Å²) in [7, 11) is 0. The Balaban J connectivity index is 5.65. The molecule has 13 heteroatoms. The molecule has 0 saturated heterocycles. The number of hydrogen-bond donors (Lipinski definition) is 5. The smallest absolute Gasteiger partial charge is 0.320 e. The molecule has 0 aliphatic heterocycles. The SMILES string of the molecule is C=C(O)CN(CCN(CCN(CC(=O)O)CC(=O)O)[C@@H](CCC(=O)C(C)C)C(=O)O)CC(=O)O. The van der Waals surface area contributed by atoms with E-state index in [0.29, 0.717) is 0 Å². The first-order valence-corrected chi connectivity index (χ1v) is 10.7. The second-order valence-corrected chi connectivity index (χ2v) is 8.22. The first-order valence-electron chi connectivity index (χ1n) is 10.7. The lowest BCUT2D eigenvalue weighted by molar-refractivity contribution is -0.146. The van der Waals surface area contributed by atoms with Crippen LogP contribution in [0.15, 0.2) is 12.3 Å². The van der Waals surface area contributed by atoms with Crippen molar-refractivity contribution >= 4 is 29.7 Å². The number of carbonyl (C=O) groups is 5. The minimum absolute atomic E-state index is 0.00137. The maximum Gasteiger partial charge on any atom is 0.320 e. The third-order valence-electron chi connectivity index (χ3n) is 4.92. The molecule has 0 amide bonds. The summed E-state index contributed by atoms with van der Waals surface area (Å²) in [5.41, 5.74) is 0. The van der Waals surface area contributed by atoms with Gasteiger partial charge in [-0.2, -0.15) is 0 Å². The van der Waals surface area contributed by atoms with Crippen molar-refractivity contribution in [1.82, 2.24) is 14.7 Å². The van der Waals surface area contributed by atoms with E-state index in [2.05, 4.69) is 6.58 Å². The van der Waals surface area contributed by atoms with Crippen LogP contribution in [0.5, 0.6) is 0 Å². The zero-order valence-electron chi connectivity index (χ0n) is 19.6. The van der Waals surface area contributed by atoms with Crippen LogP contribution < -0.4 is 0 Å². The highest BCUT2D eigenvalue weighted by Gasteiger charge is 2.28. The van der Waals surface area contributed by atoms with Crippen molar-refractivity contribution in [2.24, 2.45) is 5.92 Å². The van der Waals surface area contributed by atoms with E-state index in [1.54, 1.807) is 13.8 Å². The van der Waals surface area contributed by atoms with Gasteiger partial charge >= 0.3 is 23.9 Å². The van der Waals surface area contributed by atoms with E-state index < -0.39 is 49.6 Å². The summed E-state index contributed by atoms with van der Waals surface area (Å²) >= 11 is 0. The van der Waals surface area contributed by atoms with Gasteiger partial charge in [-0.05, 0) is 6.42 Å². The number of rotatable bonds is 20. The summed E-state index contributed by atoms with van der Waals surface area (Å²) in [6.45, 7) is 4.85. The Morgan fingerprint density at radius 2 is 1.12 bits per heavy atom. The molecular weight excluding hydrogens is 454 g/mol. The van der Waals surface area contributed by atoms with Gasteiger partial charge in [0.15, 0.2) is 0 Å². The normalized spacial score (nSPS) is 12.3. The van der Waals surface area contributed by atoms with Gasteiger partial charge in [0.1, 0.15) is 11.8 Å². The number of carboxylic acid groups (broad SMARTS) is 4. The van der Waals surface area contributed by atoms with Crippen LogP contribution >= 0.6 is 0 Å². The lowest BCUT2D eigenvalue weighted by Gasteiger charge is -2.32. The van der Waals surface area contributed by atoms with E-state index in [1.807, 2.05) is 0 Å². The monoisotopic (exact) mass is 489 g/mol. The average molecular weight is 490 g/mol. The van der Waals surface area contributed by atoms with Gasteiger partial charge in [0.25, 0.3) is 0 Å². The maximum absolute atomic E-state index is 12.0. The van der Waals surface area contributed by atoms with Crippen molar-refractivity contribution in [2.45, 2.75) is 32.7 Å². The van der Waals surface area contributed by atoms with Crippen LogP contribution in [-0.4, -0.2) is 128 Å². The third kappa shape index (κ3) is 14.2. The highest BCUT2D eigenvalue weighted by atomic mass is 16.4. The number of Topliss-reactive ketones (excluding diaryl/α,β-unsaturated/α-hetero) is 1. The summed E-state index contributed by atoms with van der Waals surface area (Å²) < 4.78 is 0. The number of ketones is 1. The minimum atomic E-state index is -1.25. The number of hydrogen-bond acceptors (Lipinski definition) is 9. The first-order chi connectivity index (χ1) is 15.7. The lowest BCUT2D eigenvalue weighted by atomic mass is 10.0. The Hall–Kier alpha value is -3.03. The molecule has 0 aliphatic carbocycles. The van der Waals surface area contributed by atoms with E-state index in [0.717, 1.165) is 4.90 Å². The molecule has 0 saturated carbocycles. The summed E-state index contributed by atoms with van der Waals surface area (Å²) in [5, 5.41) is 46.4. The van der Waals surface area contributed by atoms with Crippen molar-refractivity contribution in [3.8, 4) is 0 Å². The molecule has 0 aliphatic rings. The summed E-state index contributed by atoms with van der Waals surface area (Å²) in [6.07, 6.45) is -0.0404. The van der Waals surface area contributed by atoms with Crippen LogP contribution in [0.25, 0.3) is 0 Å². The molecule has 0 heterocycles. The van der Waals surface area contributed by atoms with Gasteiger partial charge in [-0.15, -0.1) is 0 Å². The molecule has 0 rings (SSSR count). The van der Waals surface area contributed by atoms with Gasteiger partial charge in [0.05, 0.1) is 31.9 Å². The standard InChI is InChI=1S/C21H35N3O10/c1-14(2)17(26)5-4-16(21(33)34)24(8-6-22(10-15(3)25)11-18(27)28)9-7-23(12-19(29)30)13-20(31)32/h14,16,25H,3-13H2,1-2H3,(H,27,28)(H,29,30)(H,31,32)(H,33,34)/t16-/m0/s1. The summed E-state index contributed by atoms with van der Waals surface area (Å²) in [4.78, 5) is 61.2. The molecule has 0 aromatic heterocycles. The van der Waals surface area contributed by atoms with E-state index in [-0.39, 0.29) is 63.0 Å². The second kappa shape index (κ2) is 15.7. The Kier molecular flexibility index (Phi) is 14.3. The zero-order chi connectivity index (χ0) is 26.4. The minimum Gasteiger partial charge on any atom is -0.512 e. The largest absolute Gasteiger partial charge is 0.512 e. The summed E-state index contributed by atoms with van der Waals surface area (Å²) in [6, 6.07) is -1.15. The molecule has 0 spiro atoms. The Bertz CT molecular complexity index is 668. The maximum atomic E-state index is 12.0. The van der Waals surface area contributed by atoms with E-state index in [1.165, 1.54) is 9.80 Å². The number of aliphatic carboxylic acids is 4. The number of carboxylic acids is 4. The number of carbonyl (C=O) groups excluding carboxylic acids is 1. The van der Waals surface area contributed by atoms with Crippen LogP contribution in [0.1, 0.15) is 26.7 Å². The predicted molar refractivity (Wildman–Crippen MR) is 120 cm³/mol. The third-order valence-corrected chi connectivity index (χ3v) is 4.92. The van der Waals surface area contributed by atoms with Gasteiger partial charge in [0, 0.05) is 38.5 Å². The fourth-order valence-corrected chi connectivity index (χ4v) is 3.25. The van der Waals surface area contributed by atoms with Gasteiger partial charge in [-0.25, -0.2) is 0 Å². The van der Waals surface area contributed by atoms with Crippen LogP contribution in [0, 0.1) is 5.92 Å². The van der Waals surface area contributed by atoms with E-state index >= 15 is 0 Å². The highest BCUT2D eigenvalue weighted by molar-refractivity contribution is 5.81. The lowest BCUT2D eigenvalue weighted by Crippen LogP contribution is -2.49. The fourth-order valence-electron chi connectivity index (χ4n) is 3.25. The van der Waals surface area contributed by atoms with Gasteiger partial charge < -0.3 is 25.5 Å². The fraction of sp³-hybridized carbons (Fsp3) is 0.667. The van der Waals surface area contributed by atoms with E-state index in [4.69, 9.17) is 15.3 Å². The van der Waals surface area contributed by atoms with Crippen molar-refractivity contribution in [1.29, 1.82) is 0 Å². The molecule has 0 fully saturated rings. The topological polar surface area (TPSA) is 196 Å². The Labute approximate surface area is 197 Å². The second-order valence-electron chi connectivity index (χ2n) is 8.22. The van der Waals surface area contributed by atoms with Crippen LogP contribution in [0.3, 0.4) is 0 Å². The van der Waals surface area contributed by atoms with Crippen molar-refractivity contribution < 1.29 is 49.5 Å². The van der Waals surface area contributed by atoms with Gasteiger partial charge in [-0.3, -0.25) is 38.7 Å². The molecule has 0 unspecified atom stereocenters. The van der Waals surface area contributed by atoms with Gasteiger partial charge in [-0.1, -0.05) is 20.4 Å². The zero-order valence-corrected chi connectivity index (χ0v) is 19.6. The number of aliphatic hydroxyl groups is 1. The molecule has 1 atom stereocenters. The molecule has 5 N–H and O–H groups in total. The number of nitrogens with zero attached hydrogens (tertiary/aromatic N) is 3. The molecule has 0 radical (unpaired) electrons. The van der Waals surface area contributed by atoms with E-state index in [9.17, 15) is 34.2 Å². The molecule has 34 heavy (non-hydrogen) atoms. The predicted octanol–water partition coefficient (Wildman–Crippen LogP) is -0.324. The van der Waals surface area contributed by atoms with Gasteiger partial charge in [0.2, 0.25) is 0 Å². The molecule has 194 valence electrons. The summed E-state index contributed by atoms with van der Waals surface area (Å²) in [5.74, 6) is -5.59. The van der Waals surface area contributed by atoms with Crippen LogP contribution in [0.4, 0.5) is 0 Å². The van der Waals surface area contributed by atoms with Crippen molar-refractivity contribution in [3.63, 3.8) is 0 Å². The Morgan fingerprint density at radius 1 is 0.706 bits per heavy atom. The number of aliphatic hydroxyl groups excluding tert-OH is 1. The molecule has 0 bridgehead atoms. The first kappa shape index (κ1) is 31.0. The van der Waals surface area contributed by atoms with Crippen molar-refractivity contribution in [3.05, 3.63) is 12.3 Å². The molecular formula is C21H35N3O10. The average Bonchev–Trinajstić information content (AvgIpc) is 2.66. The highest BCUT2D eigenvalue weighted by Crippen LogP contribution is 2.12. The Morgan fingerprint density at radius 3 is 1.44 bits per heavy atom.